The molecule has 0 bridgehead atoms. The summed E-state index contributed by atoms with van der Waals surface area (Å²) in [6, 6.07) is 7.80. The Morgan fingerprint density at radius 3 is 2.43 bits per heavy atom. The van der Waals surface area contributed by atoms with Gasteiger partial charge in [-0.2, -0.15) is 0 Å². The van der Waals surface area contributed by atoms with E-state index in [1.165, 1.54) is 5.57 Å². The van der Waals surface area contributed by atoms with Crippen LogP contribution in [0.1, 0.15) is 18.4 Å². The first-order valence-corrected chi connectivity index (χ1v) is 4.82. The van der Waals surface area contributed by atoms with E-state index in [0.29, 0.717) is 12.2 Å². The molecule has 0 unspecified atom stereocenters. The van der Waals surface area contributed by atoms with E-state index in [1.807, 2.05) is 24.3 Å². The van der Waals surface area contributed by atoms with Gasteiger partial charge in [0.05, 0.1) is 12.9 Å². The molecule has 1 saturated carbocycles. The smallest absolute Gasteiger partial charge is 0.118 e. The number of aliphatic hydroxyl groups is 1. The summed E-state index contributed by atoms with van der Waals surface area (Å²) >= 11 is 0. The van der Waals surface area contributed by atoms with Crippen LogP contribution in [0.25, 0.3) is 0 Å². The second-order valence-corrected chi connectivity index (χ2v) is 3.58. The number of hydrogen-bond donors (Lipinski definition) is 1. The Kier molecular flexibility index (Phi) is 2.44. The second-order valence-electron chi connectivity index (χ2n) is 3.58. The average Bonchev–Trinajstić information content (AvgIpc) is 3.02. The van der Waals surface area contributed by atoms with Gasteiger partial charge in [-0.3, -0.25) is 0 Å². The van der Waals surface area contributed by atoms with Gasteiger partial charge in [0.1, 0.15) is 5.75 Å². The number of rotatable bonds is 3. The molecule has 2 heteroatoms. The molecule has 1 aromatic rings. The van der Waals surface area contributed by atoms with Gasteiger partial charge in [-0.15, -0.1) is 0 Å². The average molecular weight is 190 g/mol. The Balaban J connectivity index is 2.06. The summed E-state index contributed by atoms with van der Waals surface area (Å²) in [4.78, 5) is 0. The summed E-state index contributed by atoms with van der Waals surface area (Å²) in [6.45, 7) is 0. The van der Waals surface area contributed by atoms with Crippen molar-refractivity contribution in [1.82, 2.24) is 0 Å². The molecule has 0 aromatic heterocycles. The molecule has 0 atom stereocenters. The maximum atomic E-state index is 9.62. The van der Waals surface area contributed by atoms with Crippen LogP contribution in [0.5, 0.6) is 5.75 Å². The minimum atomic E-state index is 0.551. The van der Waals surface area contributed by atoms with Crippen LogP contribution in [0.3, 0.4) is 0 Å². The van der Waals surface area contributed by atoms with Crippen LogP contribution in [0.15, 0.2) is 35.6 Å². The van der Waals surface area contributed by atoms with Gasteiger partial charge in [-0.05, 0) is 36.1 Å². The van der Waals surface area contributed by atoms with Gasteiger partial charge in [0, 0.05) is 6.42 Å². The highest BCUT2D eigenvalue weighted by molar-refractivity contribution is 5.31. The quantitative estimate of drug-likeness (QED) is 0.742. The van der Waals surface area contributed by atoms with Crippen molar-refractivity contribution >= 4 is 0 Å². The lowest BCUT2D eigenvalue weighted by Crippen LogP contribution is -1.90. The molecule has 14 heavy (non-hydrogen) atoms. The fraction of sp³-hybridized carbons (Fsp3) is 0.333. The molecule has 74 valence electrons. The summed E-state index contributed by atoms with van der Waals surface area (Å²) < 4.78 is 5.06. The molecule has 0 aliphatic heterocycles. The molecule has 0 amide bonds. The van der Waals surface area contributed by atoms with E-state index in [1.54, 1.807) is 7.11 Å². The lowest BCUT2D eigenvalue weighted by molar-refractivity contribution is 0.395. The van der Waals surface area contributed by atoms with Crippen LogP contribution in [0.4, 0.5) is 0 Å². The minimum Gasteiger partial charge on any atom is -0.512 e. The van der Waals surface area contributed by atoms with Gasteiger partial charge in [0.25, 0.3) is 0 Å². The van der Waals surface area contributed by atoms with Crippen molar-refractivity contribution in [2.75, 3.05) is 7.11 Å². The van der Waals surface area contributed by atoms with Crippen LogP contribution in [0, 0.1) is 0 Å². The molecule has 1 N–H and O–H groups in total. The lowest BCUT2D eigenvalue weighted by atomic mass is 10.1. The zero-order chi connectivity index (χ0) is 9.97. The molecule has 2 nitrogen and oxygen atoms in total. The van der Waals surface area contributed by atoms with Crippen molar-refractivity contribution in [3.63, 3.8) is 0 Å². The third-order valence-electron chi connectivity index (χ3n) is 2.44. The zero-order valence-electron chi connectivity index (χ0n) is 8.29. The van der Waals surface area contributed by atoms with E-state index in [0.717, 1.165) is 24.2 Å². The van der Waals surface area contributed by atoms with Crippen molar-refractivity contribution in [1.29, 1.82) is 0 Å². The third-order valence-corrected chi connectivity index (χ3v) is 2.44. The van der Waals surface area contributed by atoms with Crippen LogP contribution in [0.2, 0.25) is 0 Å². The number of benzene rings is 1. The molecule has 0 saturated heterocycles. The highest BCUT2D eigenvalue weighted by Gasteiger charge is 2.17. The Bertz CT molecular complexity index is 343. The number of allylic oxidation sites excluding steroid dienone is 2. The van der Waals surface area contributed by atoms with Crippen LogP contribution in [-0.2, 0) is 6.42 Å². The maximum Gasteiger partial charge on any atom is 0.118 e. The normalized spacial score (nSPS) is 13.9. The van der Waals surface area contributed by atoms with E-state index in [9.17, 15) is 5.11 Å². The topological polar surface area (TPSA) is 29.5 Å². The van der Waals surface area contributed by atoms with Gasteiger partial charge >= 0.3 is 0 Å². The number of hydrogen-bond acceptors (Lipinski definition) is 2. The van der Waals surface area contributed by atoms with E-state index in [4.69, 9.17) is 4.74 Å². The first-order chi connectivity index (χ1) is 6.79. The number of aliphatic hydroxyl groups excluding tert-OH is 1. The van der Waals surface area contributed by atoms with Gasteiger partial charge in [0.2, 0.25) is 0 Å². The zero-order valence-corrected chi connectivity index (χ0v) is 8.29. The van der Waals surface area contributed by atoms with E-state index >= 15 is 0 Å². The highest BCUT2D eigenvalue weighted by Crippen LogP contribution is 2.31. The SMILES string of the molecule is COc1ccc(CC(O)=C2CC2)cc1. The van der Waals surface area contributed by atoms with Crippen molar-refractivity contribution < 1.29 is 9.84 Å². The summed E-state index contributed by atoms with van der Waals surface area (Å²) in [7, 11) is 1.65. The van der Waals surface area contributed by atoms with Crippen LogP contribution >= 0.6 is 0 Å². The Morgan fingerprint density at radius 1 is 1.29 bits per heavy atom. The molecule has 0 radical (unpaired) electrons. The number of methoxy groups -OCH3 is 1. The standard InChI is InChI=1S/C12H14O2/c1-14-11-6-2-9(3-7-11)8-12(13)10-4-5-10/h2-3,6-7,13H,4-5,8H2,1H3. The second kappa shape index (κ2) is 3.74. The minimum absolute atomic E-state index is 0.551. The molecule has 1 fully saturated rings. The largest absolute Gasteiger partial charge is 0.512 e. The first kappa shape index (κ1) is 9.13. The van der Waals surface area contributed by atoms with Gasteiger partial charge < -0.3 is 9.84 Å². The Morgan fingerprint density at radius 2 is 1.93 bits per heavy atom. The van der Waals surface area contributed by atoms with Crippen molar-refractivity contribution in [3.8, 4) is 5.75 Å². The van der Waals surface area contributed by atoms with E-state index < -0.39 is 0 Å². The molecule has 0 heterocycles. The van der Waals surface area contributed by atoms with Crippen LogP contribution < -0.4 is 4.74 Å². The maximum absolute atomic E-state index is 9.62. The molecule has 1 aliphatic carbocycles. The molecular formula is C12H14O2. The summed E-state index contributed by atoms with van der Waals surface area (Å²) in [5.41, 5.74) is 2.34. The van der Waals surface area contributed by atoms with E-state index in [2.05, 4.69) is 0 Å². The predicted octanol–water partition coefficient (Wildman–Crippen LogP) is 2.84. The fourth-order valence-electron chi connectivity index (χ4n) is 1.41. The van der Waals surface area contributed by atoms with Gasteiger partial charge in [0.15, 0.2) is 0 Å². The molecule has 1 aliphatic rings. The molecular weight excluding hydrogens is 176 g/mol. The van der Waals surface area contributed by atoms with Gasteiger partial charge in [-0.1, -0.05) is 12.1 Å². The van der Waals surface area contributed by atoms with Crippen molar-refractivity contribution in [2.45, 2.75) is 19.3 Å². The molecule has 1 aromatic carbocycles. The molecule has 2 rings (SSSR count). The van der Waals surface area contributed by atoms with Crippen molar-refractivity contribution in [3.05, 3.63) is 41.2 Å². The Labute approximate surface area is 83.8 Å². The summed E-state index contributed by atoms with van der Waals surface area (Å²) in [5.74, 6) is 1.41. The van der Waals surface area contributed by atoms with Crippen molar-refractivity contribution in [2.24, 2.45) is 0 Å². The molecule has 0 spiro atoms. The monoisotopic (exact) mass is 190 g/mol. The summed E-state index contributed by atoms with van der Waals surface area (Å²) in [5, 5.41) is 9.62. The highest BCUT2D eigenvalue weighted by atomic mass is 16.5. The predicted molar refractivity (Wildman–Crippen MR) is 55.6 cm³/mol. The Hall–Kier alpha value is -1.44. The van der Waals surface area contributed by atoms with Crippen LogP contribution in [-0.4, -0.2) is 12.2 Å². The first-order valence-electron chi connectivity index (χ1n) is 4.82. The van der Waals surface area contributed by atoms with E-state index in [-0.39, 0.29) is 0 Å². The van der Waals surface area contributed by atoms with Gasteiger partial charge in [-0.25, -0.2) is 0 Å². The number of ether oxygens (including phenoxy) is 1. The third kappa shape index (κ3) is 2.08. The summed E-state index contributed by atoms with van der Waals surface area (Å²) in [6.07, 6.45) is 2.79. The fourth-order valence-corrected chi connectivity index (χ4v) is 1.41. The lowest BCUT2D eigenvalue weighted by Gasteiger charge is -2.02.